The van der Waals surface area contributed by atoms with Gasteiger partial charge >= 0.3 is 0 Å². The molecule has 1 aliphatic carbocycles. The molecule has 0 N–H and O–H groups in total. The van der Waals surface area contributed by atoms with Crippen LogP contribution in [-0.4, -0.2) is 22.6 Å². The summed E-state index contributed by atoms with van der Waals surface area (Å²) >= 11 is 6.28. The fourth-order valence-electron chi connectivity index (χ4n) is 2.31. The zero-order valence-electron chi connectivity index (χ0n) is 12.2. The molecule has 1 aliphatic rings. The summed E-state index contributed by atoms with van der Waals surface area (Å²) < 4.78 is 0. The normalized spacial score (nSPS) is 14.7. The number of anilines is 1. The average Bonchev–Trinajstić information content (AvgIpc) is 3.20. The summed E-state index contributed by atoms with van der Waals surface area (Å²) in [5.74, 6) is 1.95. The van der Waals surface area contributed by atoms with Crippen LogP contribution in [0.2, 0.25) is 5.15 Å². The van der Waals surface area contributed by atoms with Crippen LogP contribution in [0.5, 0.6) is 0 Å². The van der Waals surface area contributed by atoms with Crippen molar-refractivity contribution in [1.29, 1.82) is 0 Å². The van der Waals surface area contributed by atoms with Gasteiger partial charge in [0.2, 0.25) is 0 Å². The van der Waals surface area contributed by atoms with E-state index in [-0.39, 0.29) is 0 Å². The lowest BCUT2D eigenvalue weighted by Gasteiger charge is -2.25. The third-order valence-electron chi connectivity index (χ3n) is 3.59. The Morgan fingerprint density at radius 1 is 1.21 bits per heavy atom. The van der Waals surface area contributed by atoms with Gasteiger partial charge in [0.1, 0.15) is 16.8 Å². The number of halogens is 1. The molecule has 0 amide bonds. The molecule has 1 aromatic heterocycles. The van der Waals surface area contributed by atoms with E-state index in [0.29, 0.717) is 11.2 Å². The SMILES string of the molecule is CCCCN(c1nc(CCC)nc(Cl)c1C)C1CC1. The van der Waals surface area contributed by atoms with Crippen molar-refractivity contribution < 1.29 is 0 Å². The van der Waals surface area contributed by atoms with Gasteiger partial charge in [-0.1, -0.05) is 31.9 Å². The third kappa shape index (κ3) is 3.59. The molecular formula is C15H24ClN3. The lowest BCUT2D eigenvalue weighted by molar-refractivity contribution is 0.695. The van der Waals surface area contributed by atoms with Crippen molar-refractivity contribution in [3.63, 3.8) is 0 Å². The summed E-state index contributed by atoms with van der Waals surface area (Å²) in [6, 6.07) is 0.672. The van der Waals surface area contributed by atoms with Crippen LogP contribution >= 0.6 is 11.6 Å². The maximum atomic E-state index is 6.28. The summed E-state index contributed by atoms with van der Waals surface area (Å²) in [5, 5.41) is 0.621. The monoisotopic (exact) mass is 281 g/mol. The highest BCUT2D eigenvalue weighted by Gasteiger charge is 2.31. The Bertz CT molecular complexity index is 430. The molecule has 0 aromatic carbocycles. The second-order valence-electron chi connectivity index (χ2n) is 5.41. The predicted molar refractivity (Wildman–Crippen MR) is 81.1 cm³/mol. The standard InChI is InChI=1S/C15H24ClN3/c1-4-6-10-19(12-8-9-12)15-11(3)14(16)17-13(18-15)7-5-2/h12H,4-10H2,1-3H3. The molecular weight excluding hydrogens is 258 g/mol. The minimum atomic E-state index is 0.621. The van der Waals surface area contributed by atoms with Gasteiger partial charge in [0.05, 0.1) is 0 Å². The number of nitrogens with zero attached hydrogens (tertiary/aromatic N) is 3. The Morgan fingerprint density at radius 2 is 1.95 bits per heavy atom. The number of aryl methyl sites for hydroxylation is 1. The Hall–Kier alpha value is -0.830. The van der Waals surface area contributed by atoms with Gasteiger partial charge in [-0.25, -0.2) is 9.97 Å². The van der Waals surface area contributed by atoms with E-state index in [1.54, 1.807) is 0 Å². The lowest BCUT2D eigenvalue weighted by atomic mass is 10.2. The second-order valence-corrected chi connectivity index (χ2v) is 5.77. The quantitative estimate of drug-likeness (QED) is 0.703. The van der Waals surface area contributed by atoms with Gasteiger partial charge in [-0.15, -0.1) is 0 Å². The van der Waals surface area contributed by atoms with Crippen molar-refractivity contribution in [1.82, 2.24) is 9.97 Å². The zero-order valence-corrected chi connectivity index (χ0v) is 13.0. The van der Waals surface area contributed by atoms with Gasteiger partial charge < -0.3 is 4.90 Å². The molecule has 3 nitrogen and oxygen atoms in total. The first kappa shape index (κ1) is 14.6. The fraction of sp³-hybridized carbons (Fsp3) is 0.733. The van der Waals surface area contributed by atoms with E-state index in [2.05, 4.69) is 23.7 Å². The topological polar surface area (TPSA) is 29.0 Å². The van der Waals surface area contributed by atoms with Gasteiger partial charge in [-0.05, 0) is 32.6 Å². The van der Waals surface area contributed by atoms with Crippen LogP contribution in [0.25, 0.3) is 0 Å². The van der Waals surface area contributed by atoms with E-state index in [4.69, 9.17) is 16.6 Å². The first-order valence-electron chi connectivity index (χ1n) is 7.47. The Morgan fingerprint density at radius 3 is 2.53 bits per heavy atom. The van der Waals surface area contributed by atoms with Crippen molar-refractivity contribution in [3.8, 4) is 0 Å². The highest BCUT2D eigenvalue weighted by atomic mass is 35.5. The van der Waals surface area contributed by atoms with E-state index >= 15 is 0 Å². The van der Waals surface area contributed by atoms with E-state index < -0.39 is 0 Å². The van der Waals surface area contributed by atoms with E-state index in [0.717, 1.165) is 36.6 Å². The molecule has 2 rings (SSSR count). The Labute approximate surface area is 121 Å². The molecule has 0 spiro atoms. The molecule has 1 heterocycles. The summed E-state index contributed by atoms with van der Waals surface area (Å²) in [4.78, 5) is 11.6. The highest BCUT2D eigenvalue weighted by molar-refractivity contribution is 6.30. The van der Waals surface area contributed by atoms with E-state index in [9.17, 15) is 0 Å². The largest absolute Gasteiger partial charge is 0.353 e. The van der Waals surface area contributed by atoms with Crippen LogP contribution in [0.4, 0.5) is 5.82 Å². The van der Waals surface area contributed by atoms with E-state index in [1.807, 2.05) is 6.92 Å². The molecule has 0 saturated heterocycles. The lowest BCUT2D eigenvalue weighted by Crippen LogP contribution is -2.29. The molecule has 19 heavy (non-hydrogen) atoms. The molecule has 106 valence electrons. The molecule has 0 aliphatic heterocycles. The van der Waals surface area contributed by atoms with Crippen LogP contribution in [0.3, 0.4) is 0 Å². The third-order valence-corrected chi connectivity index (χ3v) is 3.96. The van der Waals surface area contributed by atoms with Gasteiger partial charge in [0.15, 0.2) is 0 Å². The summed E-state index contributed by atoms with van der Waals surface area (Å²) in [6.45, 7) is 7.50. The average molecular weight is 282 g/mol. The number of aromatic nitrogens is 2. The van der Waals surface area contributed by atoms with Crippen molar-refractivity contribution in [3.05, 3.63) is 16.5 Å². The zero-order chi connectivity index (χ0) is 13.8. The summed E-state index contributed by atoms with van der Waals surface area (Å²) in [6.07, 6.45) is 6.95. The first-order chi connectivity index (χ1) is 9.17. The maximum absolute atomic E-state index is 6.28. The number of hydrogen-bond donors (Lipinski definition) is 0. The molecule has 4 heteroatoms. The number of rotatable bonds is 7. The molecule has 1 saturated carbocycles. The minimum absolute atomic E-state index is 0.621. The van der Waals surface area contributed by atoms with Crippen molar-refractivity contribution in [2.24, 2.45) is 0 Å². The molecule has 0 bridgehead atoms. The summed E-state index contributed by atoms with van der Waals surface area (Å²) in [7, 11) is 0. The van der Waals surface area contributed by atoms with Crippen molar-refractivity contribution in [2.75, 3.05) is 11.4 Å². The molecule has 1 fully saturated rings. The van der Waals surface area contributed by atoms with Gasteiger partial charge in [-0.2, -0.15) is 0 Å². The van der Waals surface area contributed by atoms with Gasteiger partial charge in [-0.3, -0.25) is 0 Å². The van der Waals surface area contributed by atoms with Gasteiger partial charge in [0, 0.05) is 24.6 Å². The van der Waals surface area contributed by atoms with Crippen molar-refractivity contribution >= 4 is 17.4 Å². The van der Waals surface area contributed by atoms with Crippen LogP contribution in [-0.2, 0) is 6.42 Å². The van der Waals surface area contributed by atoms with Crippen LogP contribution in [0.15, 0.2) is 0 Å². The molecule has 0 atom stereocenters. The van der Waals surface area contributed by atoms with Crippen LogP contribution in [0, 0.1) is 6.92 Å². The summed E-state index contributed by atoms with van der Waals surface area (Å²) in [5.41, 5.74) is 1.03. The molecule has 0 radical (unpaired) electrons. The second kappa shape index (κ2) is 6.56. The number of hydrogen-bond acceptors (Lipinski definition) is 3. The smallest absolute Gasteiger partial charge is 0.137 e. The minimum Gasteiger partial charge on any atom is -0.353 e. The van der Waals surface area contributed by atoms with Gasteiger partial charge in [0.25, 0.3) is 0 Å². The first-order valence-corrected chi connectivity index (χ1v) is 7.84. The predicted octanol–water partition coefficient (Wildman–Crippen LogP) is 4.16. The number of unbranched alkanes of at least 4 members (excludes halogenated alkanes) is 1. The highest BCUT2D eigenvalue weighted by Crippen LogP contribution is 2.34. The Balaban J connectivity index is 2.28. The van der Waals surface area contributed by atoms with Crippen molar-refractivity contribution in [2.45, 2.75) is 65.3 Å². The van der Waals surface area contributed by atoms with E-state index in [1.165, 1.54) is 25.7 Å². The Kier molecular flexibility index (Phi) is 5.03. The maximum Gasteiger partial charge on any atom is 0.137 e. The van der Waals surface area contributed by atoms with Crippen LogP contribution in [0.1, 0.15) is 57.3 Å². The molecule has 0 unspecified atom stereocenters. The fourth-order valence-corrected chi connectivity index (χ4v) is 2.49. The van der Waals surface area contributed by atoms with Crippen LogP contribution < -0.4 is 4.90 Å². The molecule has 1 aromatic rings.